The van der Waals surface area contributed by atoms with E-state index < -0.39 is 0 Å². The highest BCUT2D eigenvalue weighted by molar-refractivity contribution is 7.11. The highest BCUT2D eigenvalue weighted by atomic mass is 32.1. The van der Waals surface area contributed by atoms with Gasteiger partial charge in [0.15, 0.2) is 5.96 Å². The quantitative estimate of drug-likeness (QED) is 0.525. The van der Waals surface area contributed by atoms with Crippen LogP contribution < -0.4 is 14.8 Å². The van der Waals surface area contributed by atoms with E-state index in [0.29, 0.717) is 13.1 Å². The topological polar surface area (TPSA) is 59.0 Å². The number of nitrogens with zero attached hydrogens (tertiary/aromatic N) is 3. The Morgan fingerprint density at radius 3 is 2.70 bits per heavy atom. The number of hydrogen-bond donors (Lipinski definition) is 1. The Bertz CT molecular complexity index is 745. The zero-order valence-electron chi connectivity index (χ0n) is 16.9. The Kier molecular flexibility index (Phi) is 8.39. The van der Waals surface area contributed by atoms with Crippen LogP contribution >= 0.6 is 11.3 Å². The third-order valence-electron chi connectivity index (χ3n) is 4.14. The molecule has 0 bridgehead atoms. The van der Waals surface area contributed by atoms with Gasteiger partial charge in [0, 0.05) is 55.8 Å². The lowest BCUT2D eigenvalue weighted by Gasteiger charge is -2.23. The van der Waals surface area contributed by atoms with E-state index in [1.807, 2.05) is 31.4 Å². The maximum absolute atomic E-state index is 5.51. The van der Waals surface area contributed by atoms with E-state index in [0.717, 1.165) is 47.4 Å². The van der Waals surface area contributed by atoms with Crippen molar-refractivity contribution in [2.24, 2.45) is 4.99 Å². The number of aromatic nitrogens is 1. The molecule has 0 spiro atoms. The van der Waals surface area contributed by atoms with Crippen LogP contribution in [0.4, 0.5) is 0 Å². The summed E-state index contributed by atoms with van der Waals surface area (Å²) in [5.74, 6) is 2.48. The maximum atomic E-state index is 5.51. The first-order chi connectivity index (χ1) is 13.1. The predicted molar refractivity (Wildman–Crippen MR) is 112 cm³/mol. The largest absolute Gasteiger partial charge is 0.497 e. The first kappa shape index (κ1) is 21.0. The molecule has 0 saturated heterocycles. The molecule has 0 atom stereocenters. The summed E-state index contributed by atoms with van der Waals surface area (Å²) in [6.07, 6.45) is 3.87. The number of hydrogen-bond acceptors (Lipinski definition) is 5. The van der Waals surface area contributed by atoms with Gasteiger partial charge in [-0.25, -0.2) is 4.98 Å². The molecule has 0 aliphatic carbocycles. The molecule has 0 saturated carbocycles. The Labute approximate surface area is 166 Å². The molecule has 1 heterocycles. The van der Waals surface area contributed by atoms with Gasteiger partial charge in [0.25, 0.3) is 0 Å². The lowest BCUT2D eigenvalue weighted by Crippen LogP contribution is -2.38. The summed E-state index contributed by atoms with van der Waals surface area (Å²) >= 11 is 1.77. The van der Waals surface area contributed by atoms with Gasteiger partial charge in [-0.3, -0.25) is 4.99 Å². The summed E-state index contributed by atoms with van der Waals surface area (Å²) in [6.45, 7) is 6.45. The Balaban J connectivity index is 2.03. The number of aliphatic imine (C=N–C) groups is 1. The number of rotatable bonds is 9. The molecule has 6 nitrogen and oxygen atoms in total. The third kappa shape index (κ3) is 6.13. The van der Waals surface area contributed by atoms with Gasteiger partial charge in [-0.1, -0.05) is 6.92 Å². The summed E-state index contributed by atoms with van der Waals surface area (Å²) < 4.78 is 10.8. The van der Waals surface area contributed by atoms with Crippen molar-refractivity contribution in [1.29, 1.82) is 0 Å². The molecular formula is C20H30N4O2S. The predicted octanol–water partition coefficient (Wildman–Crippen LogP) is 3.36. The molecule has 2 rings (SSSR count). The van der Waals surface area contributed by atoms with Crippen molar-refractivity contribution in [1.82, 2.24) is 15.2 Å². The minimum absolute atomic E-state index is 0.691. The van der Waals surface area contributed by atoms with E-state index >= 15 is 0 Å². The number of guanidine groups is 1. The number of ether oxygens (including phenoxy) is 2. The van der Waals surface area contributed by atoms with E-state index in [9.17, 15) is 0 Å². The number of methoxy groups -OCH3 is 2. The third-order valence-corrected chi connectivity index (χ3v) is 5.34. The van der Waals surface area contributed by atoms with Gasteiger partial charge < -0.3 is 19.7 Å². The summed E-state index contributed by atoms with van der Waals surface area (Å²) in [5.41, 5.74) is 1.08. The van der Waals surface area contributed by atoms with Crippen molar-refractivity contribution in [2.75, 3.05) is 34.4 Å². The van der Waals surface area contributed by atoms with Crippen LogP contribution in [0.1, 0.15) is 29.3 Å². The van der Waals surface area contributed by atoms with Gasteiger partial charge in [0.05, 0.1) is 19.2 Å². The molecule has 2 aromatic rings. The Morgan fingerprint density at radius 2 is 2.07 bits per heavy atom. The highest BCUT2D eigenvalue weighted by Crippen LogP contribution is 2.25. The van der Waals surface area contributed by atoms with Crippen molar-refractivity contribution in [2.45, 2.75) is 33.2 Å². The fourth-order valence-corrected chi connectivity index (χ4v) is 3.52. The summed E-state index contributed by atoms with van der Waals surface area (Å²) in [7, 11) is 5.36. The molecule has 0 unspecified atom stereocenters. The second kappa shape index (κ2) is 10.8. The molecular weight excluding hydrogens is 360 g/mol. The molecule has 1 aromatic heterocycles. The Morgan fingerprint density at radius 1 is 1.26 bits per heavy atom. The van der Waals surface area contributed by atoms with Crippen LogP contribution in [0.2, 0.25) is 0 Å². The van der Waals surface area contributed by atoms with Crippen LogP contribution in [0.5, 0.6) is 11.5 Å². The lowest BCUT2D eigenvalue weighted by molar-refractivity contribution is 0.382. The molecule has 0 radical (unpaired) electrons. The smallest absolute Gasteiger partial charge is 0.193 e. The standard InChI is InChI=1S/C20H30N4O2S/c1-6-17-13-23-19(27-17)10-11-22-20(21-7-2)24(3)14-15-8-9-16(25-4)12-18(15)26-5/h8-9,12-13H,6-7,10-11,14H2,1-5H3,(H,21,22). The van der Waals surface area contributed by atoms with Crippen molar-refractivity contribution < 1.29 is 9.47 Å². The zero-order valence-corrected chi connectivity index (χ0v) is 17.7. The minimum Gasteiger partial charge on any atom is -0.497 e. The molecule has 7 heteroatoms. The van der Waals surface area contributed by atoms with Crippen LogP contribution in [-0.4, -0.2) is 50.2 Å². The van der Waals surface area contributed by atoms with Gasteiger partial charge in [0.1, 0.15) is 11.5 Å². The van der Waals surface area contributed by atoms with Gasteiger partial charge in [-0.05, 0) is 25.5 Å². The van der Waals surface area contributed by atoms with Gasteiger partial charge in [0.2, 0.25) is 0 Å². The van der Waals surface area contributed by atoms with Crippen molar-refractivity contribution in [3.05, 3.63) is 39.8 Å². The second-order valence-electron chi connectivity index (χ2n) is 6.09. The first-order valence-corrected chi connectivity index (χ1v) is 10.1. The average molecular weight is 391 g/mol. The minimum atomic E-state index is 0.691. The Hall–Kier alpha value is -2.28. The lowest BCUT2D eigenvalue weighted by atomic mass is 10.2. The fraction of sp³-hybridized carbons (Fsp3) is 0.500. The summed E-state index contributed by atoms with van der Waals surface area (Å²) in [5, 5.41) is 4.50. The molecule has 0 amide bonds. The van der Waals surface area contributed by atoms with Crippen LogP contribution in [0.15, 0.2) is 29.4 Å². The summed E-state index contributed by atoms with van der Waals surface area (Å²) in [6, 6.07) is 5.88. The molecule has 1 aromatic carbocycles. The van der Waals surface area contributed by atoms with Crippen molar-refractivity contribution >= 4 is 17.3 Å². The average Bonchev–Trinajstić information content (AvgIpc) is 3.15. The van der Waals surface area contributed by atoms with Gasteiger partial charge in [-0.2, -0.15) is 0 Å². The summed E-state index contributed by atoms with van der Waals surface area (Å²) in [4.78, 5) is 12.7. The van der Waals surface area contributed by atoms with Crippen LogP contribution in [-0.2, 0) is 19.4 Å². The van der Waals surface area contributed by atoms with E-state index in [2.05, 4.69) is 29.0 Å². The SMILES string of the molecule is CCNC(=NCCc1ncc(CC)s1)N(C)Cc1ccc(OC)cc1OC. The molecule has 0 aliphatic rings. The zero-order chi connectivity index (χ0) is 19.6. The van der Waals surface area contributed by atoms with E-state index in [1.165, 1.54) is 4.88 Å². The van der Waals surface area contributed by atoms with E-state index in [4.69, 9.17) is 14.5 Å². The number of benzene rings is 1. The monoisotopic (exact) mass is 390 g/mol. The first-order valence-electron chi connectivity index (χ1n) is 9.25. The molecule has 0 fully saturated rings. The highest BCUT2D eigenvalue weighted by Gasteiger charge is 2.11. The maximum Gasteiger partial charge on any atom is 0.193 e. The molecule has 148 valence electrons. The van der Waals surface area contributed by atoms with Crippen molar-refractivity contribution in [3.63, 3.8) is 0 Å². The van der Waals surface area contributed by atoms with E-state index in [1.54, 1.807) is 25.6 Å². The van der Waals surface area contributed by atoms with Gasteiger partial charge >= 0.3 is 0 Å². The number of aryl methyl sites for hydroxylation is 1. The second-order valence-corrected chi connectivity index (χ2v) is 7.29. The number of nitrogens with one attached hydrogen (secondary N) is 1. The van der Waals surface area contributed by atoms with E-state index in [-0.39, 0.29) is 0 Å². The fourth-order valence-electron chi connectivity index (χ4n) is 2.67. The van der Waals surface area contributed by atoms with Crippen molar-refractivity contribution in [3.8, 4) is 11.5 Å². The normalized spacial score (nSPS) is 11.4. The molecule has 27 heavy (non-hydrogen) atoms. The van der Waals surface area contributed by atoms with Crippen LogP contribution in [0, 0.1) is 0 Å². The van der Waals surface area contributed by atoms with Gasteiger partial charge in [-0.15, -0.1) is 11.3 Å². The molecule has 0 aliphatic heterocycles. The van der Waals surface area contributed by atoms with Crippen LogP contribution in [0.3, 0.4) is 0 Å². The molecule has 1 N–H and O–H groups in total. The van der Waals surface area contributed by atoms with Crippen LogP contribution in [0.25, 0.3) is 0 Å². The number of thiazole rings is 1.